The summed E-state index contributed by atoms with van der Waals surface area (Å²) in [7, 11) is 0. The zero-order valence-corrected chi connectivity index (χ0v) is 16.8. The maximum atomic E-state index is 12.8. The Hall–Kier alpha value is -2.52. The Morgan fingerprint density at radius 1 is 1.21 bits per heavy atom. The number of aromatic nitrogens is 3. The number of nitrogens with zero attached hydrogens (tertiary/aromatic N) is 2. The Labute approximate surface area is 174 Å². The van der Waals surface area contributed by atoms with Crippen molar-refractivity contribution in [3.63, 3.8) is 0 Å². The molecule has 5 nitrogen and oxygen atoms in total. The lowest BCUT2D eigenvalue weighted by Gasteiger charge is -2.11. The number of hydrogen-bond acceptors (Lipinski definition) is 4. The van der Waals surface area contributed by atoms with Gasteiger partial charge in [0.15, 0.2) is 5.82 Å². The summed E-state index contributed by atoms with van der Waals surface area (Å²) in [5.41, 5.74) is 1.07. The molecule has 29 heavy (non-hydrogen) atoms. The van der Waals surface area contributed by atoms with Crippen molar-refractivity contribution in [3.05, 3.63) is 58.6 Å². The van der Waals surface area contributed by atoms with E-state index in [0.29, 0.717) is 11.0 Å². The predicted octanol–water partition coefficient (Wildman–Crippen LogP) is 5.44. The Morgan fingerprint density at radius 3 is 2.59 bits per heavy atom. The first kappa shape index (κ1) is 21.2. The third kappa shape index (κ3) is 5.51. The molecule has 1 aromatic heterocycles. The summed E-state index contributed by atoms with van der Waals surface area (Å²) >= 11 is 6.94. The van der Waals surface area contributed by atoms with Gasteiger partial charge in [-0.25, -0.2) is 4.98 Å². The summed E-state index contributed by atoms with van der Waals surface area (Å²) in [5, 5.41) is 9.62. The van der Waals surface area contributed by atoms with Crippen LogP contribution in [0.25, 0.3) is 11.4 Å². The SMILES string of the molecule is CCc1ccc(-c2nc(SCC(=O)Nc3cc(C(F)(F)F)ccc3Cl)n[nH]2)cc1. The molecular weight excluding hydrogens is 425 g/mol. The van der Waals surface area contributed by atoms with Crippen molar-refractivity contribution >= 4 is 35.0 Å². The number of aryl methyl sites for hydroxylation is 1. The Kier molecular flexibility index (Phi) is 6.49. The highest BCUT2D eigenvalue weighted by molar-refractivity contribution is 7.99. The topological polar surface area (TPSA) is 70.7 Å². The van der Waals surface area contributed by atoms with Crippen molar-refractivity contribution in [3.8, 4) is 11.4 Å². The molecule has 0 saturated heterocycles. The summed E-state index contributed by atoms with van der Waals surface area (Å²) in [6, 6.07) is 10.6. The van der Waals surface area contributed by atoms with Crippen LogP contribution in [0.15, 0.2) is 47.6 Å². The van der Waals surface area contributed by atoms with Crippen LogP contribution >= 0.6 is 23.4 Å². The maximum absolute atomic E-state index is 12.8. The smallest absolute Gasteiger partial charge is 0.324 e. The molecule has 0 atom stereocenters. The highest BCUT2D eigenvalue weighted by Gasteiger charge is 2.31. The van der Waals surface area contributed by atoms with Crippen LogP contribution in [0.4, 0.5) is 18.9 Å². The molecule has 0 fully saturated rings. The zero-order valence-electron chi connectivity index (χ0n) is 15.2. The molecule has 0 aliphatic heterocycles. The van der Waals surface area contributed by atoms with E-state index in [0.717, 1.165) is 41.9 Å². The van der Waals surface area contributed by atoms with E-state index in [2.05, 4.69) is 27.4 Å². The molecule has 1 amide bonds. The van der Waals surface area contributed by atoms with Gasteiger partial charge in [0.05, 0.1) is 22.0 Å². The van der Waals surface area contributed by atoms with Gasteiger partial charge < -0.3 is 5.32 Å². The zero-order chi connectivity index (χ0) is 21.0. The van der Waals surface area contributed by atoms with Crippen molar-refractivity contribution in [2.45, 2.75) is 24.7 Å². The number of rotatable bonds is 6. The standard InChI is InChI=1S/C19H16ClF3N4OS/c1-2-11-3-5-12(6-4-11)17-25-18(27-26-17)29-10-16(28)24-15-9-13(19(21,22)23)7-8-14(15)20/h3-9H,2,10H2,1H3,(H,24,28)(H,25,26,27). The largest absolute Gasteiger partial charge is 0.416 e. The molecule has 2 N–H and O–H groups in total. The summed E-state index contributed by atoms with van der Waals surface area (Å²) in [5.74, 6) is -0.0371. The number of alkyl halides is 3. The number of carbonyl (C=O) groups excluding carboxylic acids is 1. The van der Waals surface area contributed by atoms with E-state index in [9.17, 15) is 18.0 Å². The Balaban J connectivity index is 1.61. The van der Waals surface area contributed by atoms with Crippen molar-refractivity contribution in [1.29, 1.82) is 0 Å². The van der Waals surface area contributed by atoms with E-state index >= 15 is 0 Å². The fourth-order valence-electron chi connectivity index (χ4n) is 2.45. The van der Waals surface area contributed by atoms with Crippen LogP contribution in [0.1, 0.15) is 18.1 Å². The van der Waals surface area contributed by atoms with Crippen LogP contribution in [-0.4, -0.2) is 26.8 Å². The van der Waals surface area contributed by atoms with Crippen molar-refractivity contribution < 1.29 is 18.0 Å². The van der Waals surface area contributed by atoms with Crippen molar-refractivity contribution in [2.24, 2.45) is 0 Å². The molecule has 0 aliphatic carbocycles. The van der Waals surface area contributed by atoms with Crippen molar-refractivity contribution in [2.75, 3.05) is 11.1 Å². The lowest BCUT2D eigenvalue weighted by molar-refractivity contribution is -0.137. The lowest BCUT2D eigenvalue weighted by Crippen LogP contribution is -2.15. The molecule has 2 aromatic carbocycles. The van der Waals surface area contributed by atoms with Gasteiger partial charge in [-0.15, -0.1) is 5.10 Å². The minimum absolute atomic E-state index is 0.0204. The quantitative estimate of drug-likeness (QED) is 0.501. The van der Waals surface area contributed by atoms with Gasteiger partial charge in [-0.1, -0.05) is 54.6 Å². The predicted molar refractivity (Wildman–Crippen MR) is 107 cm³/mol. The van der Waals surface area contributed by atoms with Gasteiger partial charge >= 0.3 is 6.18 Å². The van der Waals surface area contributed by atoms with Gasteiger partial charge in [0.25, 0.3) is 0 Å². The van der Waals surface area contributed by atoms with Gasteiger partial charge in [0, 0.05) is 5.56 Å². The number of hydrogen-bond donors (Lipinski definition) is 2. The average molecular weight is 441 g/mol. The number of H-pyrrole nitrogens is 1. The average Bonchev–Trinajstić information content (AvgIpc) is 3.16. The lowest BCUT2D eigenvalue weighted by atomic mass is 10.1. The normalized spacial score (nSPS) is 11.5. The molecule has 3 aromatic rings. The summed E-state index contributed by atoms with van der Waals surface area (Å²) in [6.45, 7) is 2.07. The third-order valence-electron chi connectivity index (χ3n) is 4.00. The van der Waals surface area contributed by atoms with Crippen LogP contribution < -0.4 is 5.32 Å². The van der Waals surface area contributed by atoms with Crippen LogP contribution in [0.5, 0.6) is 0 Å². The van der Waals surface area contributed by atoms with Gasteiger partial charge in [-0.2, -0.15) is 13.2 Å². The van der Waals surface area contributed by atoms with Crippen LogP contribution in [-0.2, 0) is 17.4 Å². The number of carbonyl (C=O) groups is 1. The van der Waals surface area contributed by atoms with Gasteiger partial charge in [0.1, 0.15) is 0 Å². The molecule has 3 rings (SSSR count). The number of thioether (sulfide) groups is 1. The molecule has 0 saturated carbocycles. The van der Waals surface area contributed by atoms with Crippen LogP contribution in [0.3, 0.4) is 0 Å². The molecule has 0 unspecified atom stereocenters. The second-order valence-electron chi connectivity index (χ2n) is 6.05. The van der Waals surface area contributed by atoms with Crippen LogP contribution in [0, 0.1) is 0 Å². The molecule has 0 radical (unpaired) electrons. The van der Waals surface area contributed by atoms with E-state index in [1.807, 2.05) is 24.3 Å². The molecular formula is C19H16ClF3N4OS. The van der Waals surface area contributed by atoms with E-state index in [1.165, 1.54) is 5.56 Å². The maximum Gasteiger partial charge on any atom is 0.416 e. The first-order chi connectivity index (χ1) is 13.8. The van der Waals surface area contributed by atoms with Crippen molar-refractivity contribution in [1.82, 2.24) is 15.2 Å². The summed E-state index contributed by atoms with van der Waals surface area (Å²) < 4.78 is 38.4. The number of amides is 1. The first-order valence-corrected chi connectivity index (χ1v) is 9.93. The number of aromatic amines is 1. The fraction of sp³-hybridized carbons (Fsp3) is 0.211. The summed E-state index contributed by atoms with van der Waals surface area (Å²) in [4.78, 5) is 16.4. The number of anilines is 1. The third-order valence-corrected chi connectivity index (χ3v) is 5.18. The minimum atomic E-state index is -4.52. The first-order valence-electron chi connectivity index (χ1n) is 8.57. The molecule has 0 bridgehead atoms. The number of halogens is 4. The Morgan fingerprint density at radius 2 is 1.93 bits per heavy atom. The molecule has 0 spiro atoms. The highest BCUT2D eigenvalue weighted by atomic mass is 35.5. The Bertz CT molecular complexity index is 1010. The summed E-state index contributed by atoms with van der Waals surface area (Å²) in [6.07, 6.45) is -3.59. The fourth-order valence-corrected chi connectivity index (χ4v) is 3.22. The second kappa shape index (κ2) is 8.87. The van der Waals surface area contributed by atoms with Crippen LogP contribution in [0.2, 0.25) is 5.02 Å². The number of nitrogens with one attached hydrogen (secondary N) is 2. The minimum Gasteiger partial charge on any atom is -0.324 e. The van der Waals surface area contributed by atoms with E-state index in [1.54, 1.807) is 0 Å². The number of benzene rings is 2. The van der Waals surface area contributed by atoms with E-state index in [-0.39, 0.29) is 16.5 Å². The highest BCUT2D eigenvalue weighted by Crippen LogP contribution is 2.34. The molecule has 1 heterocycles. The molecule has 10 heteroatoms. The van der Waals surface area contributed by atoms with Gasteiger partial charge in [-0.3, -0.25) is 9.89 Å². The molecule has 0 aliphatic rings. The monoisotopic (exact) mass is 440 g/mol. The van der Waals surface area contributed by atoms with E-state index in [4.69, 9.17) is 11.6 Å². The second-order valence-corrected chi connectivity index (χ2v) is 7.40. The van der Waals surface area contributed by atoms with Gasteiger partial charge in [0.2, 0.25) is 11.1 Å². The molecule has 152 valence electrons. The van der Waals surface area contributed by atoms with Gasteiger partial charge in [-0.05, 0) is 30.2 Å². The van der Waals surface area contributed by atoms with E-state index < -0.39 is 17.6 Å².